The summed E-state index contributed by atoms with van der Waals surface area (Å²) in [7, 11) is 0. The Morgan fingerprint density at radius 2 is 1.77 bits per heavy atom. The Morgan fingerprint density at radius 1 is 1.00 bits per heavy atom. The van der Waals surface area contributed by atoms with Crippen LogP contribution < -0.4 is 0 Å². The van der Waals surface area contributed by atoms with Crippen molar-refractivity contribution in [3.05, 3.63) is 70.8 Å². The van der Waals surface area contributed by atoms with Gasteiger partial charge in [-0.1, -0.05) is 0 Å². The molecule has 0 bridgehead atoms. The lowest BCUT2D eigenvalue weighted by Crippen LogP contribution is -2.22. The normalized spacial score (nSPS) is 24.6. The number of fused-ring (bicyclic) bond motifs is 2. The number of hydrogen-bond acceptors (Lipinski definition) is 3. The summed E-state index contributed by atoms with van der Waals surface area (Å²) in [6, 6.07) is 4.26. The summed E-state index contributed by atoms with van der Waals surface area (Å²) in [6.07, 6.45) is 16.5. The Bertz CT molecular complexity index is 1150. The van der Waals surface area contributed by atoms with Crippen molar-refractivity contribution < 1.29 is 9.50 Å². The summed E-state index contributed by atoms with van der Waals surface area (Å²) in [6.45, 7) is 0. The van der Waals surface area contributed by atoms with Crippen LogP contribution >= 0.6 is 0 Å². The molecule has 3 heterocycles. The second-order valence-corrected chi connectivity index (χ2v) is 9.55. The molecule has 1 atom stereocenters. The van der Waals surface area contributed by atoms with E-state index in [2.05, 4.69) is 28.3 Å². The quantitative estimate of drug-likeness (QED) is 0.577. The average molecular weight is 418 g/mol. The van der Waals surface area contributed by atoms with Gasteiger partial charge in [0.1, 0.15) is 5.83 Å². The molecule has 0 aliphatic heterocycles. The maximum Gasteiger partial charge on any atom is 0.101 e. The van der Waals surface area contributed by atoms with Crippen LogP contribution in [0.15, 0.2) is 42.9 Å². The van der Waals surface area contributed by atoms with Crippen molar-refractivity contribution in [2.24, 2.45) is 5.92 Å². The van der Waals surface area contributed by atoms with Crippen molar-refractivity contribution in [3.8, 4) is 0 Å². The monoisotopic (exact) mass is 417 g/mol. The number of aliphatic hydroxyl groups is 1. The Kier molecular flexibility index (Phi) is 4.67. The molecular weight excluding hydrogens is 389 g/mol. The molecule has 3 aliphatic rings. The first-order valence-electron chi connectivity index (χ1n) is 11.7. The first-order valence-corrected chi connectivity index (χ1v) is 11.7. The van der Waals surface area contributed by atoms with E-state index in [1.54, 1.807) is 6.08 Å². The second-order valence-electron chi connectivity index (χ2n) is 9.55. The molecule has 4 nitrogen and oxygen atoms in total. The zero-order chi connectivity index (χ0) is 20.9. The zero-order valence-corrected chi connectivity index (χ0v) is 17.7. The van der Waals surface area contributed by atoms with Crippen LogP contribution in [-0.2, 0) is 6.42 Å². The minimum Gasteiger partial charge on any atom is -0.388 e. The Morgan fingerprint density at radius 3 is 2.58 bits per heavy atom. The lowest BCUT2D eigenvalue weighted by atomic mass is 9.73. The van der Waals surface area contributed by atoms with Gasteiger partial charge in [0.05, 0.1) is 24.1 Å². The van der Waals surface area contributed by atoms with Gasteiger partial charge >= 0.3 is 0 Å². The predicted octanol–water partition coefficient (Wildman–Crippen LogP) is 5.87. The van der Waals surface area contributed by atoms with E-state index in [0.717, 1.165) is 48.0 Å². The highest BCUT2D eigenvalue weighted by Gasteiger charge is 2.35. The Labute approximate surface area is 181 Å². The molecule has 2 saturated carbocycles. The van der Waals surface area contributed by atoms with Gasteiger partial charge in [0.25, 0.3) is 0 Å². The second kappa shape index (κ2) is 7.56. The van der Waals surface area contributed by atoms with Crippen molar-refractivity contribution in [3.63, 3.8) is 0 Å². The number of aromatic nitrogens is 3. The Balaban J connectivity index is 1.25. The van der Waals surface area contributed by atoms with Crippen LogP contribution in [0.3, 0.4) is 0 Å². The van der Waals surface area contributed by atoms with Crippen molar-refractivity contribution in [1.29, 1.82) is 0 Å². The van der Waals surface area contributed by atoms with E-state index >= 15 is 0 Å². The van der Waals surface area contributed by atoms with Crippen LogP contribution in [0.2, 0.25) is 0 Å². The van der Waals surface area contributed by atoms with Crippen LogP contribution in [0, 0.1) is 5.92 Å². The van der Waals surface area contributed by atoms with E-state index in [1.807, 2.05) is 23.1 Å². The van der Waals surface area contributed by atoms with E-state index < -0.39 is 6.10 Å². The molecule has 0 aromatic carbocycles. The molecule has 0 saturated heterocycles. The number of hydrogen-bond donors (Lipinski definition) is 1. The molecule has 0 radical (unpaired) electrons. The highest BCUT2D eigenvalue weighted by atomic mass is 19.1. The summed E-state index contributed by atoms with van der Waals surface area (Å²) in [5.74, 6) is 1.22. The molecule has 2 fully saturated rings. The number of rotatable bonds is 4. The molecule has 1 N–H and O–H groups in total. The van der Waals surface area contributed by atoms with Crippen LogP contribution in [0.1, 0.15) is 90.8 Å². The fourth-order valence-corrected chi connectivity index (χ4v) is 5.81. The third-order valence-corrected chi connectivity index (χ3v) is 7.65. The maximum absolute atomic E-state index is 14.0. The number of aliphatic hydroxyl groups excluding tert-OH is 1. The summed E-state index contributed by atoms with van der Waals surface area (Å²) >= 11 is 0. The SMILES string of the molecule is OC(c1c(C2CC2)ccn2cncc12)C1CCC(c2ccnc3c2C=C(F)CC3)CC1. The molecule has 0 amide bonds. The van der Waals surface area contributed by atoms with Crippen molar-refractivity contribution in [1.82, 2.24) is 14.4 Å². The van der Waals surface area contributed by atoms with Crippen LogP contribution in [0.5, 0.6) is 0 Å². The minimum absolute atomic E-state index is 0.0348. The van der Waals surface area contributed by atoms with Crippen LogP contribution in [0.4, 0.5) is 4.39 Å². The highest BCUT2D eigenvalue weighted by Crippen LogP contribution is 2.48. The fourth-order valence-electron chi connectivity index (χ4n) is 5.81. The van der Waals surface area contributed by atoms with Gasteiger partial charge in [0.2, 0.25) is 0 Å². The third-order valence-electron chi connectivity index (χ3n) is 7.65. The molecular formula is C26H28FN3O. The number of pyridine rings is 2. The largest absolute Gasteiger partial charge is 0.388 e. The first-order chi connectivity index (χ1) is 15.2. The van der Waals surface area contributed by atoms with Crippen molar-refractivity contribution in [2.45, 2.75) is 69.3 Å². The first kappa shape index (κ1) is 19.2. The van der Waals surface area contributed by atoms with E-state index in [9.17, 15) is 9.50 Å². The van der Waals surface area contributed by atoms with E-state index in [4.69, 9.17) is 0 Å². The topological polar surface area (TPSA) is 50.4 Å². The van der Waals surface area contributed by atoms with E-state index in [-0.39, 0.29) is 11.7 Å². The molecule has 0 spiro atoms. The Hall–Kier alpha value is -2.53. The summed E-state index contributed by atoms with van der Waals surface area (Å²) < 4.78 is 16.0. The lowest BCUT2D eigenvalue weighted by Gasteiger charge is -2.34. The number of nitrogens with zero attached hydrogens (tertiary/aromatic N) is 3. The third kappa shape index (κ3) is 3.39. The molecule has 1 unspecified atom stereocenters. The molecule has 3 aromatic heterocycles. The van der Waals surface area contributed by atoms with Gasteiger partial charge in [-0.25, -0.2) is 9.37 Å². The van der Waals surface area contributed by atoms with Gasteiger partial charge in [0.15, 0.2) is 0 Å². The van der Waals surface area contributed by atoms with Crippen molar-refractivity contribution in [2.75, 3.05) is 0 Å². The number of aryl methyl sites for hydroxylation is 1. The number of imidazole rings is 1. The van der Waals surface area contributed by atoms with Gasteiger partial charge in [-0.15, -0.1) is 0 Å². The van der Waals surface area contributed by atoms with Crippen molar-refractivity contribution >= 4 is 11.6 Å². The summed E-state index contributed by atoms with van der Waals surface area (Å²) in [5.41, 5.74) is 6.73. The fraction of sp³-hybridized carbons (Fsp3) is 0.462. The summed E-state index contributed by atoms with van der Waals surface area (Å²) in [4.78, 5) is 8.81. The standard InChI is InChI=1S/C26H28FN3O/c27-19-7-8-23-22(13-19)20(9-11-29-23)16-3-5-18(6-4-16)26(31)25-21(17-1-2-17)10-12-30-15-28-14-24(25)30/h9-18,26,31H,1-8H2. The van der Waals surface area contributed by atoms with Gasteiger partial charge < -0.3 is 9.51 Å². The van der Waals surface area contributed by atoms with E-state index in [0.29, 0.717) is 24.7 Å². The highest BCUT2D eigenvalue weighted by molar-refractivity contribution is 5.61. The lowest BCUT2D eigenvalue weighted by molar-refractivity contribution is 0.0810. The van der Waals surface area contributed by atoms with Gasteiger partial charge in [0, 0.05) is 35.6 Å². The number of allylic oxidation sites excluding steroid dienone is 1. The van der Waals surface area contributed by atoms with Gasteiger partial charge in [-0.2, -0.15) is 0 Å². The van der Waals surface area contributed by atoms with Crippen LogP contribution in [0.25, 0.3) is 11.6 Å². The number of halogens is 1. The van der Waals surface area contributed by atoms with Crippen LogP contribution in [-0.4, -0.2) is 19.5 Å². The molecule has 6 rings (SSSR count). The summed E-state index contributed by atoms with van der Waals surface area (Å²) in [5, 5.41) is 11.5. The van der Waals surface area contributed by atoms with Gasteiger partial charge in [-0.05, 0) is 92.0 Å². The molecule has 3 aliphatic carbocycles. The average Bonchev–Trinajstić information content (AvgIpc) is 3.54. The minimum atomic E-state index is -0.458. The maximum atomic E-state index is 14.0. The van der Waals surface area contributed by atoms with E-state index in [1.165, 1.54) is 24.0 Å². The molecule has 5 heteroatoms. The molecule has 160 valence electrons. The molecule has 3 aromatic rings. The zero-order valence-electron chi connectivity index (χ0n) is 17.7. The van der Waals surface area contributed by atoms with Gasteiger partial charge in [-0.3, -0.25) is 4.98 Å². The molecule has 31 heavy (non-hydrogen) atoms. The predicted molar refractivity (Wildman–Crippen MR) is 118 cm³/mol. The smallest absolute Gasteiger partial charge is 0.101 e.